The summed E-state index contributed by atoms with van der Waals surface area (Å²) in [7, 11) is 0. The van der Waals surface area contributed by atoms with Crippen LogP contribution in [0.25, 0.3) is 0 Å². The molecule has 6 aromatic rings. The fraction of sp³-hybridized carbons (Fsp3) is 0.622. The van der Waals surface area contributed by atoms with Crippen LogP contribution < -0.4 is 0 Å². The van der Waals surface area contributed by atoms with Gasteiger partial charge >= 0.3 is 0 Å². The van der Waals surface area contributed by atoms with E-state index in [0.29, 0.717) is 5.89 Å². The zero-order valence-electron chi connectivity index (χ0n) is 36.9. The lowest BCUT2D eigenvalue weighted by atomic mass is 10.2. The molecule has 0 fully saturated rings. The Hall–Kier alpha value is -5.62. The van der Waals surface area contributed by atoms with Crippen molar-refractivity contribution >= 4 is 0 Å². The third kappa shape index (κ3) is 97.5. The molecule has 0 aliphatic carbocycles. The number of aromatic amines is 1. The number of nitrogens with zero attached hydrogens (tertiary/aromatic N) is 16. The van der Waals surface area contributed by atoms with Gasteiger partial charge in [0.15, 0.2) is 6.33 Å². The lowest BCUT2D eigenvalue weighted by Crippen LogP contribution is -1.85. The summed E-state index contributed by atoms with van der Waals surface area (Å²) in [5, 5.41) is 49.5. The molecule has 6 aromatic heterocycles. The highest BCUT2D eigenvalue weighted by atomic mass is 16.6. The second-order valence-electron chi connectivity index (χ2n) is 14.2. The first-order valence-corrected chi connectivity index (χ1v) is 18.3. The normalized spacial score (nSPS) is 8.70. The molecular formula is C37H71N17O2. The molecule has 6 heterocycles. The van der Waals surface area contributed by atoms with Crippen molar-refractivity contribution in [3.8, 4) is 0 Å². The molecule has 0 amide bonds. The van der Waals surface area contributed by atoms with Gasteiger partial charge in [-0.3, -0.25) is 5.10 Å². The Morgan fingerprint density at radius 3 is 1.05 bits per heavy atom. The molecule has 0 aromatic carbocycles. The minimum Gasteiger partial charge on any atom is -0.320 e. The molecule has 0 radical (unpaired) electrons. The van der Waals surface area contributed by atoms with Crippen molar-refractivity contribution in [1.29, 1.82) is 0 Å². The number of aromatic nitrogens is 17. The van der Waals surface area contributed by atoms with Crippen molar-refractivity contribution in [2.75, 3.05) is 0 Å². The molecule has 19 nitrogen and oxygen atoms in total. The van der Waals surface area contributed by atoms with Gasteiger partial charge in [-0.05, 0) is 63.4 Å². The Balaban J connectivity index is -0.000000172. The van der Waals surface area contributed by atoms with E-state index in [1.807, 2.05) is 26.0 Å². The van der Waals surface area contributed by atoms with Gasteiger partial charge in [0.05, 0.1) is 29.1 Å². The zero-order chi connectivity index (χ0) is 43.7. The minimum atomic E-state index is 0.282. The quantitative estimate of drug-likeness (QED) is 0.164. The van der Waals surface area contributed by atoms with Gasteiger partial charge in [-0.15, -0.1) is 15.3 Å². The van der Waals surface area contributed by atoms with Crippen LogP contribution >= 0.6 is 0 Å². The van der Waals surface area contributed by atoms with Crippen LogP contribution in [-0.4, -0.2) is 87.1 Å². The minimum absolute atomic E-state index is 0.282. The summed E-state index contributed by atoms with van der Waals surface area (Å²) >= 11 is 0. The van der Waals surface area contributed by atoms with Crippen LogP contribution in [0.15, 0.2) is 89.8 Å². The van der Waals surface area contributed by atoms with Crippen LogP contribution in [0.4, 0.5) is 0 Å². The maximum absolute atomic E-state index is 4.62. The lowest BCUT2D eigenvalue weighted by molar-refractivity contribution is 0.292. The van der Waals surface area contributed by atoms with E-state index in [2.05, 4.69) is 200 Å². The predicted octanol–water partition coefficient (Wildman–Crippen LogP) is 8.39. The van der Waals surface area contributed by atoms with Crippen LogP contribution in [0.1, 0.15) is 130 Å². The van der Waals surface area contributed by atoms with E-state index in [4.69, 9.17) is 0 Å². The van der Waals surface area contributed by atoms with Gasteiger partial charge in [-0.2, -0.15) is 20.4 Å². The van der Waals surface area contributed by atoms with Crippen molar-refractivity contribution in [3.63, 3.8) is 0 Å². The molecule has 0 spiro atoms. The predicted molar refractivity (Wildman–Crippen MR) is 219 cm³/mol. The standard InChI is InChI=1S/C4H7N3O.C4H4N2.5C4H10.2C3H3N3.C2H3N3.CHN3O/c1-3(2)4-5-6-7-8-4;1-2-4-6-5-3-1;5*1-4(2)3;1-2-5-6-3-4-1;1-2-4-6-5-3-1;1-3-2-5-4-1;1-2-4-5-3-1/h3H,1-2H3;1-4H;5*4H,1-3H3;2*1-3H;1-2H,(H,3,4,5);1H. The topological polar surface area (TPSA) is 248 Å². The smallest absolute Gasteiger partial charge is 0.250 e. The molecule has 0 saturated heterocycles. The number of rotatable bonds is 1. The molecule has 56 heavy (non-hydrogen) atoms. The molecular weight excluding hydrogens is 715 g/mol. The van der Waals surface area contributed by atoms with Crippen molar-refractivity contribution in [2.24, 2.45) is 29.6 Å². The van der Waals surface area contributed by atoms with E-state index in [9.17, 15) is 0 Å². The Morgan fingerprint density at radius 2 is 0.929 bits per heavy atom. The average molecular weight is 786 g/mol. The van der Waals surface area contributed by atoms with E-state index in [-0.39, 0.29) is 5.92 Å². The highest BCUT2D eigenvalue weighted by Crippen LogP contribution is 2.06. The molecule has 0 unspecified atom stereocenters. The lowest BCUT2D eigenvalue weighted by Gasteiger charge is -1.89. The van der Waals surface area contributed by atoms with Gasteiger partial charge < -0.3 is 4.52 Å². The van der Waals surface area contributed by atoms with Crippen molar-refractivity contribution in [3.05, 3.63) is 86.6 Å². The maximum atomic E-state index is 4.62. The Morgan fingerprint density at radius 1 is 0.446 bits per heavy atom. The summed E-state index contributed by atoms with van der Waals surface area (Å²) in [6.07, 6.45) is 15.1. The summed E-state index contributed by atoms with van der Waals surface area (Å²) < 4.78 is 8.59. The van der Waals surface area contributed by atoms with Gasteiger partial charge in [-0.25, -0.2) is 14.6 Å². The Bertz CT molecular complexity index is 1080. The van der Waals surface area contributed by atoms with Gasteiger partial charge in [0.2, 0.25) is 0 Å². The SMILES string of the molecule is CC(C)C.CC(C)C.CC(C)C.CC(C)C.CC(C)C.CC(C)c1nnno1.c1ccnnc1.c1cnncn1.c1cnnnc1.c1nc[nH]n1.c1nnon1. The van der Waals surface area contributed by atoms with Crippen molar-refractivity contribution in [2.45, 2.75) is 124 Å². The number of hydrogen-bond acceptors (Lipinski definition) is 18. The fourth-order valence-electron chi connectivity index (χ4n) is 1.30. The second kappa shape index (κ2) is 51.5. The Labute approximate surface area is 335 Å². The van der Waals surface area contributed by atoms with Gasteiger partial charge in [0, 0.05) is 24.5 Å². The molecule has 0 atom stereocenters. The molecule has 0 aliphatic heterocycles. The van der Waals surface area contributed by atoms with E-state index < -0.39 is 0 Å². The van der Waals surface area contributed by atoms with E-state index in [0.717, 1.165) is 29.6 Å². The van der Waals surface area contributed by atoms with Crippen LogP contribution in [0.5, 0.6) is 0 Å². The average Bonchev–Trinajstić information content (AvgIpc) is 3.98. The maximum Gasteiger partial charge on any atom is 0.250 e. The van der Waals surface area contributed by atoms with E-state index >= 15 is 0 Å². The van der Waals surface area contributed by atoms with Crippen LogP contribution in [0, 0.1) is 29.6 Å². The summed E-state index contributed by atoms with van der Waals surface area (Å²) in [6.45, 7) is 36.4. The second-order valence-corrected chi connectivity index (χ2v) is 14.2. The number of nitrogens with one attached hydrogen (secondary N) is 1. The molecule has 6 rings (SSSR count). The monoisotopic (exact) mass is 786 g/mol. The van der Waals surface area contributed by atoms with E-state index in [1.54, 1.807) is 37.1 Å². The summed E-state index contributed by atoms with van der Waals surface area (Å²) in [5.41, 5.74) is 0. The van der Waals surface area contributed by atoms with Crippen molar-refractivity contribution < 1.29 is 9.15 Å². The van der Waals surface area contributed by atoms with Crippen LogP contribution in [0.3, 0.4) is 0 Å². The fourth-order valence-corrected chi connectivity index (χ4v) is 1.30. The van der Waals surface area contributed by atoms with E-state index in [1.165, 1.54) is 31.5 Å². The highest BCUT2D eigenvalue weighted by molar-refractivity contribution is 4.80. The first-order valence-electron chi connectivity index (χ1n) is 18.3. The third-order valence-corrected chi connectivity index (χ3v) is 2.67. The zero-order valence-corrected chi connectivity index (χ0v) is 36.9. The van der Waals surface area contributed by atoms with Crippen LogP contribution in [-0.2, 0) is 0 Å². The molecule has 0 aliphatic rings. The summed E-state index contributed by atoms with van der Waals surface area (Å²) in [5.74, 6) is 5.04. The molecule has 19 heteroatoms. The molecule has 316 valence electrons. The largest absolute Gasteiger partial charge is 0.320 e. The van der Waals surface area contributed by atoms with Gasteiger partial charge in [0.1, 0.15) is 19.0 Å². The van der Waals surface area contributed by atoms with Crippen molar-refractivity contribution in [1.82, 2.24) is 87.1 Å². The molecule has 0 bridgehead atoms. The third-order valence-electron chi connectivity index (χ3n) is 2.67. The summed E-state index contributed by atoms with van der Waals surface area (Å²) in [6, 6.07) is 5.37. The van der Waals surface area contributed by atoms with Gasteiger partial charge in [-0.1, -0.05) is 128 Å². The first-order chi connectivity index (χ1) is 26.5. The summed E-state index contributed by atoms with van der Waals surface area (Å²) in [4.78, 5) is 7.17. The highest BCUT2D eigenvalue weighted by Gasteiger charge is 2.03. The first kappa shape index (κ1) is 59.7. The number of hydrogen-bond donors (Lipinski definition) is 1. The van der Waals surface area contributed by atoms with Gasteiger partial charge in [0.25, 0.3) is 5.89 Å². The molecule has 1 N–H and O–H groups in total. The molecule has 0 saturated carbocycles. The van der Waals surface area contributed by atoms with Crippen LogP contribution in [0.2, 0.25) is 0 Å². The Kier molecular flexibility index (Phi) is 54.8. The number of H-pyrrole nitrogens is 1.